The van der Waals surface area contributed by atoms with Crippen molar-refractivity contribution in [1.29, 1.82) is 0 Å². The Hall–Kier alpha value is -2.96. The summed E-state index contributed by atoms with van der Waals surface area (Å²) in [4.78, 5) is 26.6. The average molecular weight is 390 g/mol. The van der Waals surface area contributed by atoms with Crippen LogP contribution in [0.15, 0.2) is 30.5 Å². The van der Waals surface area contributed by atoms with Crippen molar-refractivity contribution in [1.82, 2.24) is 24.6 Å². The highest BCUT2D eigenvalue weighted by atomic mass is 16.2. The highest BCUT2D eigenvalue weighted by Crippen LogP contribution is 2.28. The lowest BCUT2D eigenvalue weighted by molar-refractivity contribution is -0.136. The molecule has 1 aliphatic heterocycles. The van der Waals surface area contributed by atoms with Gasteiger partial charge < -0.3 is 9.80 Å². The fraction of sp³-hybridized carbons (Fsp3) is 0.455. The molecule has 29 heavy (non-hydrogen) atoms. The molecule has 1 saturated heterocycles. The molecule has 1 amide bonds. The molecule has 2 aliphatic rings. The topological polar surface area (TPSA) is 67.2 Å². The Morgan fingerprint density at radius 2 is 1.83 bits per heavy atom. The minimum absolute atomic E-state index is 0.114. The number of benzene rings is 1. The van der Waals surface area contributed by atoms with Crippen LogP contribution in [0.2, 0.25) is 0 Å². The first-order valence-corrected chi connectivity index (χ1v) is 10.4. The predicted octanol–water partition coefficient (Wildman–Crippen LogP) is 2.13. The molecule has 0 saturated carbocycles. The number of rotatable bonds is 2. The fourth-order valence-corrected chi connectivity index (χ4v) is 4.66. The van der Waals surface area contributed by atoms with Crippen molar-refractivity contribution < 1.29 is 4.79 Å². The van der Waals surface area contributed by atoms with E-state index >= 15 is 0 Å². The minimum Gasteiger partial charge on any atom is -0.352 e. The van der Waals surface area contributed by atoms with Crippen LogP contribution in [0.3, 0.4) is 0 Å². The van der Waals surface area contributed by atoms with Gasteiger partial charge in [-0.05, 0) is 37.3 Å². The number of fused-ring (bicyclic) bond motifs is 2. The first kappa shape index (κ1) is 18.1. The highest BCUT2D eigenvalue weighted by Gasteiger charge is 2.31. The molecule has 5 rings (SSSR count). The third-order valence-electron chi connectivity index (χ3n) is 6.27. The van der Waals surface area contributed by atoms with Crippen LogP contribution in [0.4, 0.5) is 5.82 Å². The van der Waals surface area contributed by atoms with Crippen LogP contribution >= 0.6 is 0 Å². The van der Waals surface area contributed by atoms with Crippen LogP contribution in [0.1, 0.15) is 23.4 Å². The fourth-order valence-electron chi connectivity index (χ4n) is 4.66. The Morgan fingerprint density at radius 3 is 2.62 bits per heavy atom. The number of hydrogen-bond acceptors (Lipinski definition) is 5. The molecule has 7 nitrogen and oxygen atoms in total. The van der Waals surface area contributed by atoms with E-state index in [-0.39, 0.29) is 5.92 Å². The molecule has 2 aromatic heterocycles. The predicted molar refractivity (Wildman–Crippen MR) is 112 cm³/mol. The first-order valence-electron chi connectivity index (χ1n) is 10.4. The smallest absolute Gasteiger partial charge is 0.226 e. The third-order valence-corrected chi connectivity index (χ3v) is 6.27. The second-order valence-electron chi connectivity index (χ2n) is 8.12. The van der Waals surface area contributed by atoms with Crippen molar-refractivity contribution in [2.45, 2.75) is 26.2 Å². The van der Waals surface area contributed by atoms with Crippen molar-refractivity contribution in [3.8, 4) is 0 Å². The summed E-state index contributed by atoms with van der Waals surface area (Å²) in [6, 6.07) is 8.53. The molecule has 1 aromatic carbocycles. The molecule has 0 radical (unpaired) electrons. The van der Waals surface area contributed by atoms with Gasteiger partial charge in [0.05, 0.1) is 11.6 Å². The molecule has 1 atom stereocenters. The number of aryl methyl sites for hydroxylation is 3. The molecular weight excluding hydrogens is 364 g/mol. The summed E-state index contributed by atoms with van der Waals surface area (Å²) < 4.78 is 1.79. The first-order chi connectivity index (χ1) is 14.1. The molecule has 1 unspecified atom stereocenters. The maximum absolute atomic E-state index is 13.1. The molecule has 0 bridgehead atoms. The van der Waals surface area contributed by atoms with Crippen molar-refractivity contribution in [3.63, 3.8) is 0 Å². The van der Waals surface area contributed by atoms with Gasteiger partial charge >= 0.3 is 0 Å². The molecular formula is C22H26N6O. The summed E-state index contributed by atoms with van der Waals surface area (Å²) in [5.41, 5.74) is 3.60. The molecule has 1 aliphatic carbocycles. The van der Waals surface area contributed by atoms with Crippen molar-refractivity contribution in [3.05, 3.63) is 47.4 Å². The van der Waals surface area contributed by atoms with E-state index in [4.69, 9.17) is 0 Å². The van der Waals surface area contributed by atoms with Crippen LogP contribution in [0.25, 0.3) is 11.0 Å². The zero-order chi connectivity index (χ0) is 20.0. The molecule has 0 N–H and O–H groups in total. The normalized spacial score (nSPS) is 19.4. The van der Waals surface area contributed by atoms with Gasteiger partial charge in [0.1, 0.15) is 11.6 Å². The average Bonchev–Trinajstić information content (AvgIpc) is 3.13. The molecule has 3 aromatic rings. The second-order valence-corrected chi connectivity index (χ2v) is 8.12. The molecule has 1 fully saturated rings. The van der Waals surface area contributed by atoms with Crippen molar-refractivity contribution in [2.24, 2.45) is 13.0 Å². The Bertz CT molecular complexity index is 1070. The summed E-state index contributed by atoms with van der Waals surface area (Å²) in [5.74, 6) is 2.10. The van der Waals surface area contributed by atoms with Gasteiger partial charge in [0, 0.05) is 39.1 Å². The maximum atomic E-state index is 13.1. The van der Waals surface area contributed by atoms with E-state index in [0.717, 1.165) is 68.1 Å². The largest absolute Gasteiger partial charge is 0.352 e. The number of anilines is 1. The Labute approximate surface area is 170 Å². The second kappa shape index (κ2) is 7.13. The SMILES string of the molecule is Cc1nc(N2CCN(C(=O)C3CCc4ccccc4C3)CC2)c2cnn(C)c2n1. The Balaban J connectivity index is 1.28. The lowest BCUT2D eigenvalue weighted by Gasteiger charge is -2.38. The Morgan fingerprint density at radius 1 is 1.07 bits per heavy atom. The number of carbonyl (C=O) groups excluding carboxylic acids is 1. The van der Waals surface area contributed by atoms with Crippen LogP contribution in [0.5, 0.6) is 0 Å². The van der Waals surface area contributed by atoms with Crippen LogP contribution in [0, 0.1) is 12.8 Å². The van der Waals surface area contributed by atoms with Gasteiger partial charge in [-0.25, -0.2) is 9.97 Å². The highest BCUT2D eigenvalue weighted by molar-refractivity contribution is 5.87. The number of aromatic nitrogens is 4. The van der Waals surface area contributed by atoms with Crippen molar-refractivity contribution >= 4 is 22.8 Å². The lowest BCUT2D eigenvalue weighted by atomic mass is 9.83. The number of carbonyl (C=O) groups is 1. The quantitative estimate of drug-likeness (QED) is 0.671. The van der Waals surface area contributed by atoms with E-state index in [0.29, 0.717) is 5.91 Å². The Kier molecular flexibility index (Phi) is 4.45. The van der Waals surface area contributed by atoms with E-state index in [1.165, 1.54) is 11.1 Å². The summed E-state index contributed by atoms with van der Waals surface area (Å²) in [5, 5.41) is 5.31. The van der Waals surface area contributed by atoms with Gasteiger partial charge in [0.15, 0.2) is 5.65 Å². The van der Waals surface area contributed by atoms with Crippen LogP contribution < -0.4 is 4.90 Å². The number of hydrogen-bond donors (Lipinski definition) is 0. The zero-order valence-electron chi connectivity index (χ0n) is 17.0. The van der Waals surface area contributed by atoms with Crippen LogP contribution in [-0.4, -0.2) is 56.7 Å². The summed E-state index contributed by atoms with van der Waals surface area (Å²) >= 11 is 0. The standard InChI is InChI=1S/C22H26N6O/c1-15-24-20-19(14-23-26(20)2)21(25-15)27-9-11-28(12-10-27)22(29)18-8-7-16-5-3-4-6-17(16)13-18/h3-6,14,18H,7-13H2,1-2H3. The molecule has 0 spiro atoms. The van der Waals surface area contributed by atoms with Gasteiger partial charge in [-0.1, -0.05) is 24.3 Å². The minimum atomic E-state index is 0.114. The van der Waals surface area contributed by atoms with E-state index in [9.17, 15) is 4.79 Å². The monoisotopic (exact) mass is 390 g/mol. The molecule has 150 valence electrons. The summed E-state index contributed by atoms with van der Waals surface area (Å²) in [6.07, 6.45) is 4.67. The number of nitrogens with zero attached hydrogens (tertiary/aromatic N) is 6. The van der Waals surface area contributed by atoms with Crippen LogP contribution in [-0.2, 0) is 24.7 Å². The van der Waals surface area contributed by atoms with E-state index in [2.05, 4.69) is 44.2 Å². The van der Waals surface area contributed by atoms with E-state index in [1.54, 1.807) is 4.68 Å². The van der Waals surface area contributed by atoms with Gasteiger partial charge in [0.25, 0.3) is 0 Å². The van der Waals surface area contributed by atoms with Crippen molar-refractivity contribution in [2.75, 3.05) is 31.1 Å². The molecule has 7 heteroatoms. The van der Waals surface area contributed by atoms with Gasteiger partial charge in [-0.15, -0.1) is 0 Å². The van der Waals surface area contributed by atoms with Gasteiger partial charge in [0.2, 0.25) is 5.91 Å². The summed E-state index contributed by atoms with van der Waals surface area (Å²) in [7, 11) is 1.90. The number of piperazine rings is 1. The maximum Gasteiger partial charge on any atom is 0.226 e. The summed E-state index contributed by atoms with van der Waals surface area (Å²) in [6.45, 7) is 4.96. The van der Waals surface area contributed by atoms with E-state index in [1.807, 2.05) is 25.1 Å². The zero-order valence-corrected chi connectivity index (χ0v) is 17.0. The molecule has 3 heterocycles. The third kappa shape index (κ3) is 3.24. The lowest BCUT2D eigenvalue weighted by Crippen LogP contribution is -2.51. The number of amides is 1. The van der Waals surface area contributed by atoms with E-state index < -0.39 is 0 Å². The van der Waals surface area contributed by atoms with Gasteiger partial charge in [-0.3, -0.25) is 9.48 Å². The van der Waals surface area contributed by atoms with Gasteiger partial charge in [-0.2, -0.15) is 5.10 Å².